The van der Waals surface area contributed by atoms with Crippen molar-refractivity contribution in [3.8, 4) is 0 Å². The van der Waals surface area contributed by atoms with Crippen molar-refractivity contribution in [2.45, 2.75) is 39.2 Å². The molecule has 21 heavy (non-hydrogen) atoms. The van der Waals surface area contributed by atoms with E-state index < -0.39 is 0 Å². The summed E-state index contributed by atoms with van der Waals surface area (Å²) in [6, 6.07) is 10.3. The Kier molecular flexibility index (Phi) is 3.78. The Balaban J connectivity index is 1.83. The molecule has 1 saturated heterocycles. The first-order valence-electron chi connectivity index (χ1n) is 8.09. The Labute approximate surface area is 127 Å². The zero-order valence-electron chi connectivity index (χ0n) is 13.0. The monoisotopic (exact) mass is 287 g/mol. The van der Waals surface area contributed by atoms with Gasteiger partial charge in [-0.1, -0.05) is 37.3 Å². The molecule has 1 aromatic rings. The lowest BCUT2D eigenvalue weighted by molar-refractivity contribution is -0.133. The molecule has 3 rings (SSSR count). The highest BCUT2D eigenvalue weighted by Gasteiger charge is 2.57. The number of nitrogens with zero attached hydrogens (tertiary/aromatic N) is 1. The average Bonchev–Trinajstić information content (AvgIpc) is 3.25. The van der Waals surface area contributed by atoms with Crippen molar-refractivity contribution in [1.82, 2.24) is 4.90 Å². The summed E-state index contributed by atoms with van der Waals surface area (Å²) in [5, 5.41) is 9.73. The van der Waals surface area contributed by atoms with Crippen molar-refractivity contribution in [3.05, 3.63) is 35.9 Å². The van der Waals surface area contributed by atoms with Gasteiger partial charge in [0.15, 0.2) is 0 Å². The van der Waals surface area contributed by atoms with E-state index in [4.69, 9.17) is 0 Å². The molecule has 3 atom stereocenters. The number of benzene rings is 1. The predicted octanol–water partition coefficient (Wildman–Crippen LogP) is 3.00. The van der Waals surface area contributed by atoms with Crippen LogP contribution >= 0.6 is 0 Å². The first kappa shape index (κ1) is 14.6. The van der Waals surface area contributed by atoms with Gasteiger partial charge in [-0.25, -0.2) is 0 Å². The Hall–Kier alpha value is -1.35. The number of rotatable bonds is 5. The van der Waals surface area contributed by atoms with E-state index in [1.165, 1.54) is 5.56 Å². The van der Waals surface area contributed by atoms with Crippen LogP contribution in [-0.2, 0) is 4.79 Å². The van der Waals surface area contributed by atoms with Crippen LogP contribution in [0.4, 0.5) is 0 Å². The van der Waals surface area contributed by atoms with Gasteiger partial charge in [0.1, 0.15) is 0 Å². The smallest absolute Gasteiger partial charge is 0.226 e. The molecule has 3 nitrogen and oxygen atoms in total. The fraction of sp³-hybridized carbons (Fsp3) is 0.611. The molecule has 1 aliphatic carbocycles. The van der Waals surface area contributed by atoms with E-state index in [0.29, 0.717) is 5.92 Å². The van der Waals surface area contributed by atoms with Crippen LogP contribution in [0.2, 0.25) is 0 Å². The third-order valence-electron chi connectivity index (χ3n) is 5.66. The quantitative estimate of drug-likeness (QED) is 0.904. The number of carbonyl (C=O) groups is 1. The first-order chi connectivity index (χ1) is 10.1. The summed E-state index contributed by atoms with van der Waals surface area (Å²) < 4.78 is 0. The fourth-order valence-electron chi connectivity index (χ4n) is 3.96. The molecule has 3 heteroatoms. The van der Waals surface area contributed by atoms with Crippen LogP contribution in [0.3, 0.4) is 0 Å². The SMILES string of the molecule is CCC1C(=O)N([C@@H](C)c2ccccc2)C[C@H]1C1(CO)CC1. The van der Waals surface area contributed by atoms with Crippen molar-refractivity contribution < 1.29 is 9.90 Å². The van der Waals surface area contributed by atoms with Crippen LogP contribution in [0.15, 0.2) is 30.3 Å². The van der Waals surface area contributed by atoms with Crippen LogP contribution in [-0.4, -0.2) is 29.1 Å². The van der Waals surface area contributed by atoms with Crippen molar-refractivity contribution >= 4 is 5.91 Å². The second-order valence-electron chi connectivity index (χ2n) is 6.72. The van der Waals surface area contributed by atoms with E-state index >= 15 is 0 Å². The van der Waals surface area contributed by atoms with E-state index in [1.807, 2.05) is 23.1 Å². The van der Waals surface area contributed by atoms with Gasteiger partial charge >= 0.3 is 0 Å². The minimum absolute atomic E-state index is 0.0293. The van der Waals surface area contributed by atoms with E-state index in [0.717, 1.165) is 25.8 Å². The highest BCUT2D eigenvalue weighted by Crippen LogP contribution is 2.57. The molecule has 2 fully saturated rings. The standard InChI is InChI=1S/C18H25NO2/c1-3-15-16(18(12-20)9-10-18)11-19(17(15)21)13(2)14-7-5-4-6-8-14/h4-8,13,15-16,20H,3,9-12H2,1-2H3/t13-,15?,16+/m0/s1. The summed E-state index contributed by atoms with van der Waals surface area (Å²) in [6.07, 6.45) is 3.03. The second-order valence-corrected chi connectivity index (χ2v) is 6.72. The van der Waals surface area contributed by atoms with E-state index in [9.17, 15) is 9.90 Å². The van der Waals surface area contributed by atoms with Crippen LogP contribution in [0, 0.1) is 17.3 Å². The topological polar surface area (TPSA) is 40.5 Å². The number of carbonyl (C=O) groups excluding carboxylic acids is 1. The van der Waals surface area contributed by atoms with Gasteiger partial charge < -0.3 is 10.0 Å². The lowest BCUT2D eigenvalue weighted by Gasteiger charge is -2.27. The molecule has 1 aromatic carbocycles. The number of aliphatic hydroxyl groups is 1. The third kappa shape index (κ3) is 2.38. The molecule has 1 amide bonds. The van der Waals surface area contributed by atoms with E-state index in [1.54, 1.807) is 0 Å². The van der Waals surface area contributed by atoms with Crippen molar-refractivity contribution in [1.29, 1.82) is 0 Å². The summed E-state index contributed by atoms with van der Waals surface area (Å²) >= 11 is 0. The lowest BCUT2D eigenvalue weighted by Crippen LogP contribution is -2.30. The minimum Gasteiger partial charge on any atom is -0.396 e. The van der Waals surface area contributed by atoms with Crippen LogP contribution in [0.25, 0.3) is 0 Å². The fourth-order valence-corrected chi connectivity index (χ4v) is 3.96. The summed E-state index contributed by atoms with van der Waals surface area (Å²) in [6.45, 7) is 5.24. The molecule has 0 radical (unpaired) electrons. The molecule has 114 valence electrons. The largest absolute Gasteiger partial charge is 0.396 e. The molecule has 1 saturated carbocycles. The normalized spacial score (nSPS) is 28.7. The van der Waals surface area contributed by atoms with Crippen LogP contribution in [0.1, 0.15) is 44.7 Å². The number of aliphatic hydroxyl groups excluding tert-OH is 1. The van der Waals surface area contributed by atoms with Crippen molar-refractivity contribution in [3.63, 3.8) is 0 Å². The Morgan fingerprint density at radius 3 is 2.52 bits per heavy atom. The van der Waals surface area contributed by atoms with Crippen LogP contribution in [0.5, 0.6) is 0 Å². The molecule has 0 bridgehead atoms. The van der Waals surface area contributed by atoms with Gasteiger partial charge in [0.05, 0.1) is 6.04 Å². The highest BCUT2D eigenvalue weighted by atomic mass is 16.3. The molecular weight excluding hydrogens is 262 g/mol. The average molecular weight is 287 g/mol. The number of amides is 1. The Morgan fingerprint density at radius 1 is 1.33 bits per heavy atom. The Bertz CT molecular complexity index is 509. The molecule has 1 heterocycles. The van der Waals surface area contributed by atoms with E-state index in [-0.39, 0.29) is 29.9 Å². The van der Waals surface area contributed by atoms with Gasteiger partial charge in [0, 0.05) is 19.1 Å². The lowest BCUT2D eigenvalue weighted by atomic mass is 9.80. The van der Waals surface area contributed by atoms with Gasteiger partial charge in [-0.2, -0.15) is 0 Å². The predicted molar refractivity (Wildman–Crippen MR) is 82.6 cm³/mol. The highest BCUT2D eigenvalue weighted by molar-refractivity contribution is 5.82. The maximum Gasteiger partial charge on any atom is 0.226 e. The number of hydrogen-bond donors (Lipinski definition) is 1. The van der Waals surface area contributed by atoms with Gasteiger partial charge in [-0.05, 0) is 43.1 Å². The second kappa shape index (κ2) is 5.45. The first-order valence-corrected chi connectivity index (χ1v) is 8.09. The summed E-state index contributed by atoms with van der Waals surface area (Å²) in [5.74, 6) is 0.690. The van der Waals surface area contributed by atoms with Crippen LogP contribution < -0.4 is 0 Å². The van der Waals surface area contributed by atoms with Gasteiger partial charge in [0.2, 0.25) is 5.91 Å². The van der Waals surface area contributed by atoms with Crippen molar-refractivity contribution in [2.75, 3.05) is 13.2 Å². The molecule has 2 aliphatic rings. The molecule has 1 unspecified atom stereocenters. The maximum atomic E-state index is 12.8. The zero-order valence-corrected chi connectivity index (χ0v) is 13.0. The van der Waals surface area contributed by atoms with E-state index in [2.05, 4.69) is 26.0 Å². The zero-order chi connectivity index (χ0) is 15.0. The summed E-state index contributed by atoms with van der Waals surface area (Å²) in [4.78, 5) is 14.8. The molecule has 1 N–H and O–H groups in total. The molecular formula is C18H25NO2. The maximum absolute atomic E-state index is 12.8. The molecule has 1 aliphatic heterocycles. The minimum atomic E-state index is 0.0293. The van der Waals surface area contributed by atoms with Crippen molar-refractivity contribution in [2.24, 2.45) is 17.3 Å². The third-order valence-corrected chi connectivity index (χ3v) is 5.66. The van der Waals surface area contributed by atoms with Gasteiger partial charge in [0.25, 0.3) is 0 Å². The molecule has 0 spiro atoms. The van der Waals surface area contributed by atoms with Gasteiger partial charge in [-0.15, -0.1) is 0 Å². The number of hydrogen-bond acceptors (Lipinski definition) is 2. The Morgan fingerprint density at radius 2 is 2.00 bits per heavy atom. The molecule has 0 aromatic heterocycles. The summed E-state index contributed by atoms with van der Waals surface area (Å²) in [7, 11) is 0. The number of likely N-dealkylation sites (tertiary alicyclic amines) is 1. The van der Waals surface area contributed by atoms with Gasteiger partial charge in [-0.3, -0.25) is 4.79 Å². The summed E-state index contributed by atoms with van der Waals surface area (Å²) in [5.41, 5.74) is 1.22.